The molecule has 2 aliphatic rings. The highest BCUT2D eigenvalue weighted by molar-refractivity contribution is 7.85. The number of aliphatic hydroxyl groups excluding tert-OH is 1. The molecule has 0 aromatic carbocycles. The van der Waals surface area contributed by atoms with Crippen LogP contribution in [0.1, 0.15) is 13.2 Å². The van der Waals surface area contributed by atoms with Crippen molar-refractivity contribution in [1.29, 1.82) is 0 Å². The fourth-order valence-electron chi connectivity index (χ4n) is 3.37. The summed E-state index contributed by atoms with van der Waals surface area (Å²) in [5, 5.41) is 10.9. The van der Waals surface area contributed by atoms with Gasteiger partial charge in [-0.2, -0.15) is 13.6 Å². The summed E-state index contributed by atoms with van der Waals surface area (Å²) < 4.78 is 30.4. The molecule has 3 aromatic rings. The van der Waals surface area contributed by atoms with Crippen molar-refractivity contribution in [2.75, 3.05) is 13.4 Å². The highest BCUT2D eigenvalue weighted by Gasteiger charge is 2.58. The third-order valence-electron chi connectivity index (χ3n) is 4.72. The number of rotatable bonds is 4. The van der Waals surface area contributed by atoms with Crippen LogP contribution in [0.2, 0.25) is 0 Å². The van der Waals surface area contributed by atoms with Crippen LogP contribution in [0.3, 0.4) is 0 Å². The molecule has 29 heavy (non-hydrogen) atoms. The third-order valence-corrected chi connectivity index (χ3v) is 6.23. The van der Waals surface area contributed by atoms with E-state index in [0.717, 1.165) is 0 Å². The number of nitrogens with zero attached hydrogens (tertiary/aromatic N) is 5. The van der Waals surface area contributed by atoms with Crippen molar-refractivity contribution >= 4 is 38.2 Å². The molecule has 5 atom stereocenters. The van der Waals surface area contributed by atoms with Crippen LogP contribution in [0.25, 0.3) is 16.8 Å². The van der Waals surface area contributed by atoms with Crippen molar-refractivity contribution in [3.63, 3.8) is 0 Å². The maximum absolute atomic E-state index is 10.9. The molecule has 5 rings (SSSR count). The number of aliphatic hydroxyl groups is 1. The number of carbonyl (C=O) groups excluding carboxylic acids is 1. The van der Waals surface area contributed by atoms with Gasteiger partial charge in [0.1, 0.15) is 25.1 Å². The zero-order valence-corrected chi connectivity index (χ0v) is 16.1. The molecule has 2 fully saturated rings. The first-order valence-electron chi connectivity index (χ1n) is 8.71. The molecule has 2 saturated heterocycles. The summed E-state index contributed by atoms with van der Waals surface area (Å²) in [6.45, 7) is 0.879. The van der Waals surface area contributed by atoms with Gasteiger partial charge in [-0.25, -0.2) is 15.0 Å². The number of imidazole rings is 2. The molecule has 12 nitrogen and oxygen atoms in total. The van der Waals surface area contributed by atoms with Crippen molar-refractivity contribution in [2.24, 2.45) is 0 Å². The molecule has 150 valence electrons. The maximum atomic E-state index is 10.9. The summed E-state index contributed by atoms with van der Waals surface area (Å²) in [5.74, 6) is -0.526. The fourth-order valence-corrected chi connectivity index (χ4v) is 4.72. The van der Waals surface area contributed by atoms with Crippen LogP contribution in [-0.2, 0) is 27.8 Å². The van der Waals surface area contributed by atoms with Crippen molar-refractivity contribution < 1.29 is 32.9 Å². The Balaban J connectivity index is 1.38. The summed E-state index contributed by atoms with van der Waals surface area (Å²) in [6.07, 6.45) is 3.28. The van der Waals surface area contributed by atoms with Crippen LogP contribution in [0.5, 0.6) is 0 Å². The van der Waals surface area contributed by atoms with Gasteiger partial charge in [0.25, 0.3) is 0 Å². The van der Waals surface area contributed by atoms with Crippen molar-refractivity contribution in [2.45, 2.75) is 31.5 Å². The number of carbonyl (C=O) groups is 1. The second-order valence-electron chi connectivity index (χ2n) is 6.57. The minimum Gasteiger partial charge on any atom is -0.434 e. The largest absolute Gasteiger partial charge is 0.488 e. The van der Waals surface area contributed by atoms with Gasteiger partial charge in [-0.05, 0) is 0 Å². The van der Waals surface area contributed by atoms with Gasteiger partial charge in [-0.1, -0.05) is 0 Å². The molecule has 0 saturated carbocycles. The molecule has 1 N–H and O–H groups in total. The second-order valence-corrected chi connectivity index (χ2v) is 8.38. The van der Waals surface area contributed by atoms with Gasteiger partial charge in [0, 0.05) is 19.3 Å². The lowest BCUT2D eigenvalue weighted by molar-refractivity contribution is -0.149. The molecule has 2 unspecified atom stereocenters. The first-order chi connectivity index (χ1) is 14.0. The molecule has 0 amide bonds. The normalized spacial score (nSPS) is 31.9. The first-order valence-corrected chi connectivity index (χ1v) is 10.3. The SMILES string of the molecule is [B][P+]1(OCOC(C)=O)OC[C@H]2O[C@@H](n3cnc4c3ncn3ccnc43)C(O)[C@H]2O1. The van der Waals surface area contributed by atoms with Gasteiger partial charge in [0.2, 0.25) is 6.79 Å². The Kier molecular flexibility index (Phi) is 4.54. The van der Waals surface area contributed by atoms with Gasteiger partial charge < -0.3 is 14.6 Å². The molecule has 3 aromatic heterocycles. The van der Waals surface area contributed by atoms with E-state index in [9.17, 15) is 9.90 Å². The van der Waals surface area contributed by atoms with E-state index in [1.807, 2.05) is 0 Å². The lowest BCUT2D eigenvalue weighted by Gasteiger charge is -2.30. The summed E-state index contributed by atoms with van der Waals surface area (Å²) in [4.78, 5) is 23.9. The first kappa shape index (κ1) is 18.9. The molecule has 0 aliphatic carbocycles. The van der Waals surface area contributed by atoms with Crippen molar-refractivity contribution in [3.05, 3.63) is 25.0 Å². The number of aromatic nitrogens is 5. The Hall–Kier alpha value is -2.15. The third kappa shape index (κ3) is 3.20. The molecular weight excluding hydrogens is 404 g/mol. The van der Waals surface area contributed by atoms with E-state index >= 15 is 0 Å². The highest BCUT2D eigenvalue weighted by Crippen LogP contribution is 2.62. The average molecular weight is 420 g/mol. The molecule has 0 bridgehead atoms. The Morgan fingerprint density at radius 2 is 2.24 bits per heavy atom. The van der Waals surface area contributed by atoms with Gasteiger partial charge in [0.05, 0.1) is 6.33 Å². The van der Waals surface area contributed by atoms with E-state index in [-0.39, 0.29) is 6.61 Å². The Bertz CT molecular complexity index is 1080. The topological polar surface area (TPSA) is 131 Å². The van der Waals surface area contributed by atoms with Gasteiger partial charge in [-0.3, -0.25) is 13.8 Å². The highest BCUT2D eigenvalue weighted by atomic mass is 31.2. The summed E-state index contributed by atoms with van der Waals surface area (Å²) in [7, 11) is 2.74. The monoisotopic (exact) mass is 420 g/mol. The number of esters is 1. The van der Waals surface area contributed by atoms with E-state index in [4.69, 9.17) is 30.6 Å². The van der Waals surface area contributed by atoms with Gasteiger partial charge in [0.15, 0.2) is 29.1 Å². The fraction of sp³-hybridized carbons (Fsp3) is 0.467. The number of hydrogen-bond donors (Lipinski definition) is 1. The minimum atomic E-state index is -3.27. The predicted octanol–water partition coefficient (Wildman–Crippen LogP) is 0.136. The maximum Gasteiger partial charge on any atom is 0.488 e. The second kappa shape index (κ2) is 6.97. The van der Waals surface area contributed by atoms with Crippen LogP contribution in [-0.4, -0.2) is 74.3 Å². The molecular formula is C15H16BN5O7P+. The lowest BCUT2D eigenvalue weighted by Crippen LogP contribution is -2.41. The minimum absolute atomic E-state index is 0.0487. The van der Waals surface area contributed by atoms with E-state index in [1.54, 1.807) is 27.7 Å². The van der Waals surface area contributed by atoms with E-state index in [1.165, 1.54) is 13.3 Å². The molecule has 0 spiro atoms. The molecule has 2 aliphatic heterocycles. The van der Waals surface area contributed by atoms with Crippen LogP contribution in [0.15, 0.2) is 25.0 Å². The predicted molar refractivity (Wildman–Crippen MR) is 97.4 cm³/mol. The van der Waals surface area contributed by atoms with Crippen LogP contribution in [0, 0.1) is 0 Å². The van der Waals surface area contributed by atoms with E-state index in [0.29, 0.717) is 16.8 Å². The Morgan fingerprint density at radius 1 is 1.38 bits per heavy atom. The van der Waals surface area contributed by atoms with Crippen LogP contribution in [0.4, 0.5) is 0 Å². The zero-order chi connectivity index (χ0) is 20.2. The van der Waals surface area contributed by atoms with E-state index < -0.39 is 45.1 Å². The van der Waals surface area contributed by atoms with E-state index in [2.05, 4.69) is 15.0 Å². The number of ether oxygens (including phenoxy) is 2. The van der Waals surface area contributed by atoms with Gasteiger partial charge in [-0.15, -0.1) is 0 Å². The van der Waals surface area contributed by atoms with Crippen molar-refractivity contribution in [1.82, 2.24) is 23.9 Å². The summed E-state index contributed by atoms with van der Waals surface area (Å²) in [5.41, 5.74) is 1.72. The molecule has 14 heteroatoms. The number of fused-ring (bicyclic) bond motifs is 4. The molecule has 5 heterocycles. The van der Waals surface area contributed by atoms with Crippen LogP contribution >= 0.6 is 7.82 Å². The Morgan fingerprint density at radius 3 is 3.07 bits per heavy atom. The average Bonchev–Trinajstić information content (AvgIpc) is 3.38. The lowest BCUT2D eigenvalue weighted by atomic mass is 10.1. The zero-order valence-electron chi connectivity index (χ0n) is 15.2. The van der Waals surface area contributed by atoms with Crippen LogP contribution < -0.4 is 0 Å². The Labute approximate surface area is 165 Å². The standard InChI is InChI=1S/C15H16BN5O7P/c1-8(22)24-7-26-29(16)25-4-9-12(28-29)11(23)15(27-9)21-6-18-10-13-17-2-3-20(13)5-19-14(10)21/h2-3,5-6,9,11-12,15,23H,4,7H2,1H3/q+1/t9-,11?,12+,15-,29?/m1/s1. The summed E-state index contributed by atoms with van der Waals surface area (Å²) in [6, 6.07) is 0. The van der Waals surface area contributed by atoms with Crippen molar-refractivity contribution in [3.8, 4) is 0 Å². The van der Waals surface area contributed by atoms with Gasteiger partial charge >= 0.3 is 21.4 Å². The quantitative estimate of drug-likeness (QED) is 0.269. The number of hydrogen-bond acceptors (Lipinski definition) is 10. The summed E-state index contributed by atoms with van der Waals surface area (Å²) >= 11 is 0. The molecule has 2 radical (unpaired) electrons. The smallest absolute Gasteiger partial charge is 0.434 e.